The Bertz CT molecular complexity index is 1210. The molecule has 2 atom stereocenters. The van der Waals surface area contributed by atoms with Crippen molar-refractivity contribution >= 4 is 28.9 Å². The number of pyridine rings is 2. The summed E-state index contributed by atoms with van der Waals surface area (Å²) in [4.78, 5) is 28.4. The molecule has 0 spiro atoms. The predicted octanol–water partition coefficient (Wildman–Crippen LogP) is 3.05. The molecular weight excluding hydrogens is 409 g/mol. The molecule has 3 aromatic heterocycles. The number of hydrogen-bond acceptors (Lipinski definition) is 5. The minimum atomic E-state index is -0.509. The normalized spacial score (nSPS) is 22.6. The second-order valence-corrected chi connectivity index (χ2v) is 9.10. The first kappa shape index (κ1) is 19.5. The molecule has 3 aliphatic heterocycles. The quantitative estimate of drug-likeness (QED) is 0.670. The van der Waals surface area contributed by atoms with Gasteiger partial charge in [0.1, 0.15) is 11.5 Å². The van der Waals surface area contributed by atoms with Crippen LogP contribution in [0.4, 0.5) is 26.4 Å². The number of aromatic nitrogens is 3. The van der Waals surface area contributed by atoms with E-state index in [1.54, 1.807) is 27.9 Å². The number of amides is 2. The number of hydrogen-bond donors (Lipinski definition) is 1. The average molecular weight is 436 g/mol. The number of nitrogens with zero attached hydrogens (tertiary/aromatic N) is 6. The lowest BCUT2D eigenvalue weighted by molar-refractivity contribution is 0.212. The molecule has 6 heterocycles. The van der Waals surface area contributed by atoms with Crippen LogP contribution in [0.1, 0.15) is 24.1 Å². The molecule has 1 N–H and O–H groups in total. The molecule has 3 aliphatic rings. The Labute approximate surface area is 185 Å². The van der Waals surface area contributed by atoms with E-state index in [4.69, 9.17) is 0 Å². The number of imidazole rings is 1. The van der Waals surface area contributed by atoms with E-state index in [1.165, 1.54) is 24.6 Å². The SMILES string of the molecule is Cc1cn2cc(NC(=O)N3CCc4c(N5CC6CCC(C5)N6C)ccnc43)c(F)cc2n1. The molecule has 9 heteroatoms. The third-order valence-electron chi connectivity index (χ3n) is 7.19. The summed E-state index contributed by atoms with van der Waals surface area (Å²) in [5.41, 5.74) is 3.71. The smallest absolute Gasteiger partial charge is 0.327 e. The van der Waals surface area contributed by atoms with Crippen molar-refractivity contribution in [2.45, 2.75) is 38.3 Å². The highest BCUT2D eigenvalue weighted by Gasteiger charge is 2.39. The Morgan fingerprint density at radius 3 is 2.78 bits per heavy atom. The van der Waals surface area contributed by atoms with E-state index in [-0.39, 0.29) is 11.7 Å². The summed E-state index contributed by atoms with van der Waals surface area (Å²) in [5.74, 6) is 0.164. The van der Waals surface area contributed by atoms with Crippen molar-refractivity contribution in [2.75, 3.05) is 41.8 Å². The average Bonchev–Trinajstić information content (AvgIpc) is 3.40. The molecule has 32 heavy (non-hydrogen) atoms. The van der Waals surface area contributed by atoms with Crippen molar-refractivity contribution in [1.29, 1.82) is 0 Å². The first-order chi connectivity index (χ1) is 15.5. The number of carbonyl (C=O) groups excluding carboxylic acids is 1. The number of halogens is 1. The Morgan fingerprint density at radius 2 is 2.00 bits per heavy atom. The summed E-state index contributed by atoms with van der Waals surface area (Å²) in [6.45, 7) is 4.38. The fourth-order valence-corrected chi connectivity index (χ4v) is 5.49. The topological polar surface area (TPSA) is 69.0 Å². The van der Waals surface area contributed by atoms with Gasteiger partial charge in [-0.1, -0.05) is 0 Å². The summed E-state index contributed by atoms with van der Waals surface area (Å²) in [6, 6.07) is 4.20. The Hall–Kier alpha value is -3.20. The van der Waals surface area contributed by atoms with Crippen molar-refractivity contribution in [3.63, 3.8) is 0 Å². The number of fused-ring (bicyclic) bond motifs is 4. The van der Waals surface area contributed by atoms with Crippen LogP contribution >= 0.6 is 0 Å². The van der Waals surface area contributed by atoms with Crippen molar-refractivity contribution in [2.24, 2.45) is 0 Å². The first-order valence-corrected chi connectivity index (χ1v) is 11.2. The van der Waals surface area contributed by atoms with Crippen LogP contribution < -0.4 is 15.1 Å². The van der Waals surface area contributed by atoms with Gasteiger partial charge in [0.2, 0.25) is 0 Å². The van der Waals surface area contributed by atoms with E-state index in [0.717, 1.165) is 30.8 Å². The molecule has 8 nitrogen and oxygen atoms in total. The van der Waals surface area contributed by atoms with Gasteiger partial charge < -0.3 is 14.6 Å². The van der Waals surface area contributed by atoms with Crippen LogP contribution in [0.25, 0.3) is 5.65 Å². The number of anilines is 3. The fourth-order valence-electron chi connectivity index (χ4n) is 5.49. The predicted molar refractivity (Wildman–Crippen MR) is 121 cm³/mol. The van der Waals surface area contributed by atoms with Gasteiger partial charge in [-0.2, -0.15) is 0 Å². The molecule has 0 saturated carbocycles. The molecule has 3 aromatic rings. The number of likely N-dealkylation sites (N-methyl/N-ethyl adjacent to an activating group) is 1. The Kier molecular flexibility index (Phi) is 4.36. The van der Waals surface area contributed by atoms with Crippen LogP contribution in [0.3, 0.4) is 0 Å². The molecule has 2 unspecified atom stereocenters. The zero-order valence-corrected chi connectivity index (χ0v) is 18.3. The minimum Gasteiger partial charge on any atom is -0.368 e. The highest BCUT2D eigenvalue weighted by Crippen LogP contribution is 2.38. The lowest BCUT2D eigenvalue weighted by Gasteiger charge is -2.40. The lowest BCUT2D eigenvalue weighted by Crippen LogP contribution is -2.52. The third kappa shape index (κ3) is 3.02. The van der Waals surface area contributed by atoms with E-state index < -0.39 is 5.82 Å². The number of nitrogens with one attached hydrogen (secondary N) is 1. The molecule has 0 radical (unpaired) electrons. The summed E-state index contributed by atoms with van der Waals surface area (Å²) < 4.78 is 16.3. The van der Waals surface area contributed by atoms with E-state index in [0.29, 0.717) is 30.1 Å². The molecule has 2 saturated heterocycles. The van der Waals surface area contributed by atoms with Crippen LogP contribution in [-0.2, 0) is 6.42 Å². The maximum Gasteiger partial charge on any atom is 0.327 e. The monoisotopic (exact) mass is 435 g/mol. The highest BCUT2D eigenvalue weighted by molar-refractivity contribution is 6.03. The molecule has 2 fully saturated rings. The summed E-state index contributed by atoms with van der Waals surface area (Å²) in [7, 11) is 2.23. The van der Waals surface area contributed by atoms with Crippen molar-refractivity contribution in [1.82, 2.24) is 19.3 Å². The van der Waals surface area contributed by atoms with Crippen LogP contribution in [0.15, 0.2) is 30.7 Å². The van der Waals surface area contributed by atoms with Gasteiger partial charge in [-0.05, 0) is 39.3 Å². The number of piperazine rings is 1. The first-order valence-electron chi connectivity index (χ1n) is 11.2. The highest BCUT2D eigenvalue weighted by atomic mass is 19.1. The molecule has 2 bridgehead atoms. The van der Waals surface area contributed by atoms with Gasteiger partial charge in [-0.15, -0.1) is 0 Å². The van der Waals surface area contributed by atoms with E-state index in [2.05, 4.69) is 38.2 Å². The van der Waals surface area contributed by atoms with E-state index >= 15 is 0 Å². The zero-order valence-electron chi connectivity index (χ0n) is 18.3. The second kappa shape index (κ2) is 7.16. The van der Waals surface area contributed by atoms with Gasteiger partial charge in [0, 0.05) is 67.6 Å². The van der Waals surface area contributed by atoms with Crippen molar-refractivity contribution in [3.8, 4) is 0 Å². The number of urea groups is 1. The van der Waals surface area contributed by atoms with Crippen LogP contribution in [0.5, 0.6) is 0 Å². The van der Waals surface area contributed by atoms with Gasteiger partial charge in [0.15, 0.2) is 5.82 Å². The molecule has 166 valence electrons. The number of rotatable bonds is 2. The largest absolute Gasteiger partial charge is 0.368 e. The van der Waals surface area contributed by atoms with Crippen molar-refractivity contribution in [3.05, 3.63) is 47.8 Å². The Balaban J connectivity index is 1.26. The minimum absolute atomic E-state index is 0.125. The molecule has 2 amide bonds. The van der Waals surface area contributed by atoms with E-state index in [1.807, 2.05) is 6.92 Å². The maximum atomic E-state index is 14.6. The summed E-state index contributed by atoms with van der Waals surface area (Å²) in [6.07, 6.45) is 8.37. The fraction of sp³-hybridized carbons (Fsp3) is 0.435. The van der Waals surface area contributed by atoms with Crippen LogP contribution in [-0.4, -0.2) is 64.1 Å². The second-order valence-electron chi connectivity index (χ2n) is 9.10. The third-order valence-corrected chi connectivity index (χ3v) is 7.19. The lowest BCUT2D eigenvalue weighted by atomic mass is 10.1. The van der Waals surface area contributed by atoms with Crippen LogP contribution in [0.2, 0.25) is 0 Å². The maximum absolute atomic E-state index is 14.6. The van der Waals surface area contributed by atoms with Gasteiger partial charge in [0.05, 0.1) is 11.4 Å². The molecule has 0 aliphatic carbocycles. The van der Waals surface area contributed by atoms with Gasteiger partial charge >= 0.3 is 6.03 Å². The standard InChI is InChI=1S/C23H26FN7O/c1-14-10-30-13-19(18(24)9-21(30)26-14)27-23(32)31-8-6-17-20(5-7-25-22(17)31)29-11-15-3-4-16(12-29)28(15)2/h5,7,9-10,13,15-16H,3-4,6,8,11-12H2,1-2H3,(H,27,32). The molecular formula is C23H26FN7O. The van der Waals surface area contributed by atoms with Gasteiger partial charge in [-0.3, -0.25) is 9.80 Å². The number of carbonyl (C=O) groups is 1. The van der Waals surface area contributed by atoms with Crippen molar-refractivity contribution < 1.29 is 9.18 Å². The zero-order chi connectivity index (χ0) is 22.0. The van der Waals surface area contributed by atoms with Crippen LogP contribution in [0, 0.1) is 12.7 Å². The summed E-state index contributed by atoms with van der Waals surface area (Å²) in [5, 5.41) is 2.73. The van der Waals surface area contributed by atoms with E-state index in [9.17, 15) is 9.18 Å². The van der Waals surface area contributed by atoms with Gasteiger partial charge in [-0.25, -0.2) is 19.2 Å². The molecule has 6 rings (SSSR count). The Morgan fingerprint density at radius 1 is 1.22 bits per heavy atom. The summed E-state index contributed by atoms with van der Waals surface area (Å²) >= 11 is 0. The van der Waals surface area contributed by atoms with Gasteiger partial charge in [0.25, 0.3) is 0 Å². The molecule has 0 aromatic carbocycles. The number of aryl methyl sites for hydroxylation is 1.